The van der Waals surface area contributed by atoms with Gasteiger partial charge in [-0.2, -0.15) is 0 Å². The van der Waals surface area contributed by atoms with Crippen LogP contribution < -0.4 is 0 Å². The van der Waals surface area contributed by atoms with Gasteiger partial charge in [-0.15, -0.1) is 0 Å². The highest BCUT2D eigenvalue weighted by molar-refractivity contribution is 9.10. The van der Waals surface area contributed by atoms with Gasteiger partial charge >= 0.3 is 0 Å². The first-order chi connectivity index (χ1) is 6.47. The molecule has 0 saturated carbocycles. The number of aliphatic hydroxyl groups excluding tert-OH is 1. The van der Waals surface area contributed by atoms with Crippen molar-refractivity contribution in [3.63, 3.8) is 0 Å². The highest BCUT2D eigenvalue weighted by Crippen LogP contribution is 2.33. The smallest absolute Gasteiger partial charge is 0.123 e. The molecule has 0 aliphatic carbocycles. The number of hydrogen-bond donors (Lipinski definition) is 1. The molecule has 0 radical (unpaired) electrons. The summed E-state index contributed by atoms with van der Waals surface area (Å²) in [6, 6.07) is 4.63. The van der Waals surface area contributed by atoms with E-state index < -0.39 is 0 Å². The highest BCUT2D eigenvalue weighted by Gasteiger charge is 2.22. The molecule has 14 heavy (non-hydrogen) atoms. The van der Waals surface area contributed by atoms with Crippen molar-refractivity contribution in [3.05, 3.63) is 34.1 Å². The van der Waals surface area contributed by atoms with E-state index in [2.05, 4.69) is 15.9 Å². The molecule has 0 atom stereocenters. The number of aliphatic hydroxyl groups is 1. The van der Waals surface area contributed by atoms with E-state index in [-0.39, 0.29) is 17.8 Å². The molecule has 0 heterocycles. The summed E-state index contributed by atoms with van der Waals surface area (Å²) in [7, 11) is 0. The lowest BCUT2D eigenvalue weighted by Gasteiger charge is -2.25. The van der Waals surface area contributed by atoms with Gasteiger partial charge in [-0.3, -0.25) is 0 Å². The van der Waals surface area contributed by atoms with Crippen molar-refractivity contribution in [2.45, 2.75) is 25.7 Å². The molecule has 0 bridgehead atoms. The Morgan fingerprint density at radius 1 is 1.43 bits per heavy atom. The third-order valence-corrected chi connectivity index (χ3v) is 3.09. The van der Waals surface area contributed by atoms with Crippen LogP contribution in [0.15, 0.2) is 22.7 Å². The predicted octanol–water partition coefficient (Wildman–Crippen LogP) is 3.25. The fraction of sp³-hybridized carbons (Fsp3) is 0.455. The SMILES string of the molecule is CC(C)(CCO)c1cc(F)ccc1Br. The van der Waals surface area contributed by atoms with Crippen molar-refractivity contribution in [1.82, 2.24) is 0 Å². The third-order valence-electron chi connectivity index (χ3n) is 2.39. The average Bonchev–Trinajstić information content (AvgIpc) is 2.09. The van der Waals surface area contributed by atoms with E-state index in [1.54, 1.807) is 6.07 Å². The lowest BCUT2D eigenvalue weighted by atomic mass is 9.82. The van der Waals surface area contributed by atoms with Crippen LogP contribution >= 0.6 is 15.9 Å². The largest absolute Gasteiger partial charge is 0.396 e. The average molecular weight is 261 g/mol. The lowest BCUT2D eigenvalue weighted by molar-refractivity contribution is 0.252. The van der Waals surface area contributed by atoms with Crippen LogP contribution in [0.25, 0.3) is 0 Å². The zero-order chi connectivity index (χ0) is 10.8. The van der Waals surface area contributed by atoms with Gasteiger partial charge in [0.25, 0.3) is 0 Å². The summed E-state index contributed by atoms with van der Waals surface area (Å²) in [5, 5.41) is 8.91. The van der Waals surface area contributed by atoms with Crippen molar-refractivity contribution >= 4 is 15.9 Å². The summed E-state index contributed by atoms with van der Waals surface area (Å²) in [5.74, 6) is -0.241. The zero-order valence-electron chi connectivity index (χ0n) is 8.35. The van der Waals surface area contributed by atoms with Gasteiger partial charge in [0.1, 0.15) is 5.82 Å². The second-order valence-electron chi connectivity index (χ2n) is 3.98. The van der Waals surface area contributed by atoms with Crippen LogP contribution in [-0.2, 0) is 5.41 Å². The molecule has 0 spiro atoms. The number of hydrogen-bond acceptors (Lipinski definition) is 1. The Kier molecular flexibility index (Phi) is 3.67. The minimum absolute atomic E-state index is 0.107. The Balaban J connectivity index is 3.10. The molecule has 0 amide bonds. The van der Waals surface area contributed by atoms with E-state index in [0.29, 0.717) is 6.42 Å². The summed E-state index contributed by atoms with van der Waals surface area (Å²) >= 11 is 3.39. The quantitative estimate of drug-likeness (QED) is 0.885. The summed E-state index contributed by atoms with van der Waals surface area (Å²) in [6.45, 7) is 4.08. The topological polar surface area (TPSA) is 20.2 Å². The first-order valence-electron chi connectivity index (χ1n) is 4.54. The molecule has 1 nitrogen and oxygen atoms in total. The maximum absolute atomic E-state index is 13.0. The standard InChI is InChI=1S/C11H14BrFO/c1-11(2,5-6-14)9-7-8(13)3-4-10(9)12/h3-4,7,14H,5-6H2,1-2H3. The van der Waals surface area contributed by atoms with Crippen molar-refractivity contribution in [2.24, 2.45) is 0 Å². The zero-order valence-corrected chi connectivity index (χ0v) is 9.94. The normalized spacial score (nSPS) is 11.8. The molecule has 0 aromatic heterocycles. The Labute approximate surface area is 92.1 Å². The van der Waals surface area contributed by atoms with Crippen LogP contribution in [0.3, 0.4) is 0 Å². The minimum atomic E-state index is -0.241. The third kappa shape index (κ3) is 2.55. The van der Waals surface area contributed by atoms with Crippen LogP contribution in [-0.4, -0.2) is 11.7 Å². The van der Waals surface area contributed by atoms with Crippen molar-refractivity contribution in [2.75, 3.05) is 6.61 Å². The maximum Gasteiger partial charge on any atom is 0.123 e. The van der Waals surface area contributed by atoms with Crippen molar-refractivity contribution < 1.29 is 9.50 Å². The molecule has 0 aliphatic heterocycles. The fourth-order valence-electron chi connectivity index (χ4n) is 1.43. The van der Waals surface area contributed by atoms with Crippen molar-refractivity contribution in [1.29, 1.82) is 0 Å². The highest BCUT2D eigenvalue weighted by atomic mass is 79.9. The Bertz CT molecular complexity index is 323. The van der Waals surface area contributed by atoms with Gasteiger partial charge in [-0.05, 0) is 35.6 Å². The summed E-state index contributed by atoms with van der Waals surface area (Å²) < 4.78 is 13.9. The number of rotatable bonds is 3. The lowest BCUT2D eigenvalue weighted by Crippen LogP contribution is -2.19. The molecule has 0 fully saturated rings. The molecule has 3 heteroatoms. The molecule has 1 aromatic rings. The van der Waals surface area contributed by atoms with Crippen LogP contribution in [0.4, 0.5) is 4.39 Å². The van der Waals surface area contributed by atoms with Gasteiger partial charge in [-0.1, -0.05) is 29.8 Å². The second kappa shape index (κ2) is 4.41. The van der Waals surface area contributed by atoms with Crippen molar-refractivity contribution in [3.8, 4) is 0 Å². The van der Waals surface area contributed by atoms with Gasteiger partial charge in [0.15, 0.2) is 0 Å². The fourth-order valence-corrected chi connectivity index (χ4v) is 2.21. The predicted molar refractivity (Wildman–Crippen MR) is 58.8 cm³/mol. The second-order valence-corrected chi connectivity index (χ2v) is 4.84. The van der Waals surface area contributed by atoms with Gasteiger partial charge in [0, 0.05) is 11.1 Å². The van der Waals surface area contributed by atoms with Crippen LogP contribution in [0.5, 0.6) is 0 Å². The number of benzene rings is 1. The van der Waals surface area contributed by atoms with Gasteiger partial charge in [0.2, 0.25) is 0 Å². The van der Waals surface area contributed by atoms with Gasteiger partial charge in [0.05, 0.1) is 0 Å². The summed E-state index contributed by atoms with van der Waals surface area (Å²) in [5.41, 5.74) is 0.682. The van der Waals surface area contributed by atoms with E-state index in [0.717, 1.165) is 10.0 Å². The van der Waals surface area contributed by atoms with E-state index >= 15 is 0 Å². The molecule has 0 unspecified atom stereocenters. The summed E-state index contributed by atoms with van der Waals surface area (Å²) in [4.78, 5) is 0. The number of halogens is 2. The first kappa shape index (κ1) is 11.7. The van der Waals surface area contributed by atoms with Gasteiger partial charge < -0.3 is 5.11 Å². The maximum atomic E-state index is 13.0. The molecule has 1 rings (SSSR count). The molecule has 78 valence electrons. The Morgan fingerprint density at radius 3 is 2.64 bits per heavy atom. The van der Waals surface area contributed by atoms with Gasteiger partial charge in [-0.25, -0.2) is 4.39 Å². The molecule has 0 saturated heterocycles. The minimum Gasteiger partial charge on any atom is -0.396 e. The van der Waals surface area contributed by atoms with E-state index in [1.165, 1.54) is 12.1 Å². The van der Waals surface area contributed by atoms with E-state index in [1.807, 2.05) is 13.8 Å². The van der Waals surface area contributed by atoms with E-state index in [9.17, 15) is 4.39 Å². The Morgan fingerprint density at radius 2 is 2.07 bits per heavy atom. The molecule has 1 aromatic carbocycles. The molecular weight excluding hydrogens is 247 g/mol. The molecular formula is C11H14BrFO. The molecule has 0 aliphatic rings. The first-order valence-corrected chi connectivity index (χ1v) is 5.33. The Hall–Kier alpha value is -0.410. The molecule has 1 N–H and O–H groups in total. The van der Waals surface area contributed by atoms with Crippen LogP contribution in [0.2, 0.25) is 0 Å². The summed E-state index contributed by atoms with van der Waals surface area (Å²) in [6.07, 6.45) is 0.620. The van der Waals surface area contributed by atoms with Crippen LogP contribution in [0, 0.1) is 5.82 Å². The van der Waals surface area contributed by atoms with Crippen LogP contribution in [0.1, 0.15) is 25.8 Å². The van der Waals surface area contributed by atoms with E-state index in [4.69, 9.17) is 5.11 Å². The monoisotopic (exact) mass is 260 g/mol.